The molecule has 28 heavy (non-hydrogen) atoms. The number of aromatic nitrogens is 2. The molecule has 1 aromatic heterocycles. The van der Waals surface area contributed by atoms with Crippen molar-refractivity contribution in [2.45, 2.75) is 20.8 Å². The van der Waals surface area contributed by atoms with E-state index in [0.29, 0.717) is 12.3 Å². The third-order valence-corrected chi connectivity index (χ3v) is 3.92. The summed E-state index contributed by atoms with van der Waals surface area (Å²) in [5.41, 5.74) is 3.25. The van der Waals surface area contributed by atoms with E-state index in [1.165, 1.54) is 6.33 Å². The zero-order valence-electron chi connectivity index (χ0n) is 15.9. The molecule has 0 unspecified atom stereocenters. The number of hydrogen-bond acceptors (Lipinski definition) is 7. The molecule has 3 rings (SSSR count). The minimum Gasteiger partial charge on any atom is -0.494 e. The van der Waals surface area contributed by atoms with E-state index in [9.17, 15) is 10.1 Å². The lowest BCUT2D eigenvalue weighted by Gasteiger charge is -2.11. The number of nitro groups is 1. The quantitative estimate of drug-likeness (QED) is 0.445. The van der Waals surface area contributed by atoms with Crippen LogP contribution in [0.2, 0.25) is 0 Å². The number of aryl methyl sites for hydroxylation is 2. The summed E-state index contributed by atoms with van der Waals surface area (Å²) < 4.78 is 5.41. The lowest BCUT2D eigenvalue weighted by atomic mass is 10.1. The molecule has 144 valence electrons. The first-order valence-electron chi connectivity index (χ1n) is 8.81. The monoisotopic (exact) mass is 379 g/mol. The molecule has 2 N–H and O–H groups in total. The molecule has 0 aliphatic carbocycles. The molecular formula is C20H21N5O3. The van der Waals surface area contributed by atoms with Crippen LogP contribution in [-0.4, -0.2) is 21.5 Å². The van der Waals surface area contributed by atoms with Gasteiger partial charge in [-0.05, 0) is 68.3 Å². The van der Waals surface area contributed by atoms with Crippen LogP contribution in [0.5, 0.6) is 5.75 Å². The van der Waals surface area contributed by atoms with Gasteiger partial charge in [0, 0.05) is 11.4 Å². The molecule has 0 aliphatic heterocycles. The highest BCUT2D eigenvalue weighted by Gasteiger charge is 2.23. The third-order valence-electron chi connectivity index (χ3n) is 3.92. The largest absolute Gasteiger partial charge is 0.494 e. The maximum Gasteiger partial charge on any atom is 0.353 e. The maximum absolute atomic E-state index is 11.7. The van der Waals surface area contributed by atoms with E-state index >= 15 is 0 Å². The molecule has 0 saturated carbocycles. The molecule has 2 aromatic carbocycles. The molecule has 8 heteroatoms. The van der Waals surface area contributed by atoms with E-state index in [1.54, 1.807) is 24.3 Å². The van der Waals surface area contributed by atoms with Gasteiger partial charge in [0.15, 0.2) is 0 Å². The highest BCUT2D eigenvalue weighted by atomic mass is 16.6. The van der Waals surface area contributed by atoms with Gasteiger partial charge in [-0.1, -0.05) is 6.07 Å². The summed E-state index contributed by atoms with van der Waals surface area (Å²) in [7, 11) is 0. The number of hydrogen-bond donors (Lipinski definition) is 2. The van der Waals surface area contributed by atoms with Crippen LogP contribution >= 0.6 is 0 Å². The lowest BCUT2D eigenvalue weighted by Crippen LogP contribution is -2.05. The molecule has 0 radical (unpaired) electrons. The second kappa shape index (κ2) is 8.34. The molecule has 0 bridgehead atoms. The Balaban J connectivity index is 1.91. The average molecular weight is 379 g/mol. The number of nitrogens with one attached hydrogen (secondary N) is 2. The summed E-state index contributed by atoms with van der Waals surface area (Å²) in [6, 6.07) is 12.9. The van der Waals surface area contributed by atoms with Gasteiger partial charge in [0.05, 0.1) is 11.5 Å². The molecular weight excluding hydrogens is 358 g/mol. The Kier molecular flexibility index (Phi) is 5.69. The SMILES string of the molecule is CCOc1ccc(Nc2ncnc(Nc3cc(C)cc(C)c3)c2[N+](=O)[O-])cc1. The summed E-state index contributed by atoms with van der Waals surface area (Å²) in [5.74, 6) is 0.955. The zero-order valence-corrected chi connectivity index (χ0v) is 15.9. The lowest BCUT2D eigenvalue weighted by molar-refractivity contribution is -0.383. The topological polar surface area (TPSA) is 102 Å². The summed E-state index contributed by atoms with van der Waals surface area (Å²) >= 11 is 0. The Morgan fingerprint density at radius 1 is 0.964 bits per heavy atom. The van der Waals surface area contributed by atoms with Crippen molar-refractivity contribution in [1.29, 1.82) is 0 Å². The van der Waals surface area contributed by atoms with Gasteiger partial charge in [-0.15, -0.1) is 0 Å². The van der Waals surface area contributed by atoms with Crippen molar-refractivity contribution in [3.8, 4) is 5.75 Å². The molecule has 1 heterocycles. The van der Waals surface area contributed by atoms with Crippen molar-refractivity contribution in [3.63, 3.8) is 0 Å². The molecule has 3 aromatic rings. The van der Waals surface area contributed by atoms with Crippen LogP contribution in [-0.2, 0) is 0 Å². The predicted molar refractivity (Wildman–Crippen MR) is 109 cm³/mol. The van der Waals surface area contributed by atoms with E-state index in [2.05, 4.69) is 20.6 Å². The van der Waals surface area contributed by atoms with Crippen LogP contribution in [0.3, 0.4) is 0 Å². The first-order valence-corrected chi connectivity index (χ1v) is 8.81. The molecule has 0 spiro atoms. The van der Waals surface area contributed by atoms with Crippen LogP contribution in [0.4, 0.5) is 28.7 Å². The van der Waals surface area contributed by atoms with E-state index in [0.717, 1.165) is 22.6 Å². The second-order valence-electron chi connectivity index (χ2n) is 6.26. The first-order chi connectivity index (χ1) is 13.5. The normalized spacial score (nSPS) is 10.4. The van der Waals surface area contributed by atoms with Crippen molar-refractivity contribution in [2.75, 3.05) is 17.2 Å². The second-order valence-corrected chi connectivity index (χ2v) is 6.26. The molecule has 0 aliphatic rings. The van der Waals surface area contributed by atoms with Gasteiger partial charge in [-0.2, -0.15) is 0 Å². The number of benzene rings is 2. The maximum atomic E-state index is 11.7. The van der Waals surface area contributed by atoms with Gasteiger partial charge in [-0.3, -0.25) is 10.1 Å². The smallest absolute Gasteiger partial charge is 0.353 e. The van der Waals surface area contributed by atoms with Crippen molar-refractivity contribution in [2.24, 2.45) is 0 Å². The van der Waals surface area contributed by atoms with Crippen LogP contribution in [0.15, 0.2) is 48.8 Å². The standard InChI is InChI=1S/C20H21N5O3/c1-4-28-17-7-5-15(6-8-17)23-19-18(25(26)27)20(22-12-21-19)24-16-10-13(2)9-14(3)11-16/h5-12H,4H2,1-3H3,(H2,21,22,23,24). The van der Waals surface area contributed by atoms with Crippen molar-refractivity contribution < 1.29 is 9.66 Å². The number of nitrogens with zero attached hydrogens (tertiary/aromatic N) is 3. The minimum absolute atomic E-state index is 0.107. The Labute approximate surface area is 162 Å². The van der Waals surface area contributed by atoms with Crippen molar-refractivity contribution >= 4 is 28.7 Å². The molecule has 0 atom stereocenters. The van der Waals surface area contributed by atoms with E-state index in [-0.39, 0.29) is 17.3 Å². The van der Waals surface area contributed by atoms with Crippen molar-refractivity contribution in [1.82, 2.24) is 9.97 Å². The fourth-order valence-electron chi connectivity index (χ4n) is 2.86. The molecule has 0 fully saturated rings. The summed E-state index contributed by atoms with van der Waals surface area (Å²) in [5, 5.41) is 17.7. The van der Waals surface area contributed by atoms with E-state index in [4.69, 9.17) is 4.74 Å². The Morgan fingerprint density at radius 2 is 1.54 bits per heavy atom. The fraction of sp³-hybridized carbons (Fsp3) is 0.200. The van der Waals surface area contributed by atoms with Gasteiger partial charge in [0.25, 0.3) is 0 Å². The van der Waals surface area contributed by atoms with E-state index < -0.39 is 4.92 Å². The zero-order chi connectivity index (χ0) is 20.1. The molecule has 0 amide bonds. The van der Waals surface area contributed by atoms with Gasteiger partial charge >= 0.3 is 5.69 Å². The van der Waals surface area contributed by atoms with Crippen LogP contribution in [0, 0.1) is 24.0 Å². The summed E-state index contributed by atoms with van der Waals surface area (Å²) in [6.07, 6.45) is 1.29. The highest BCUT2D eigenvalue weighted by Crippen LogP contribution is 2.33. The summed E-state index contributed by atoms with van der Waals surface area (Å²) in [4.78, 5) is 19.4. The third kappa shape index (κ3) is 4.53. The minimum atomic E-state index is -0.498. The number of anilines is 4. The van der Waals surface area contributed by atoms with Gasteiger partial charge in [0.1, 0.15) is 12.1 Å². The molecule has 0 saturated heterocycles. The van der Waals surface area contributed by atoms with Crippen LogP contribution < -0.4 is 15.4 Å². The fourth-order valence-corrected chi connectivity index (χ4v) is 2.86. The highest BCUT2D eigenvalue weighted by molar-refractivity contribution is 5.77. The van der Waals surface area contributed by atoms with Gasteiger partial charge < -0.3 is 15.4 Å². The number of ether oxygens (including phenoxy) is 1. The first kappa shape index (κ1) is 19.1. The van der Waals surface area contributed by atoms with Gasteiger partial charge in [0.2, 0.25) is 11.6 Å². The van der Waals surface area contributed by atoms with Crippen LogP contribution in [0.25, 0.3) is 0 Å². The number of rotatable bonds is 7. The predicted octanol–water partition coefficient (Wildman–Crippen LogP) is 4.89. The van der Waals surface area contributed by atoms with Crippen molar-refractivity contribution in [3.05, 3.63) is 70.0 Å². The Morgan fingerprint density at radius 3 is 2.07 bits per heavy atom. The van der Waals surface area contributed by atoms with Crippen LogP contribution in [0.1, 0.15) is 18.1 Å². The molecule has 8 nitrogen and oxygen atoms in total. The Hall–Kier alpha value is -3.68. The van der Waals surface area contributed by atoms with Gasteiger partial charge in [-0.25, -0.2) is 9.97 Å². The average Bonchev–Trinajstić information content (AvgIpc) is 2.62. The Bertz CT molecular complexity index is 969. The van der Waals surface area contributed by atoms with E-state index in [1.807, 2.05) is 39.0 Å². The summed E-state index contributed by atoms with van der Waals surface area (Å²) in [6.45, 7) is 6.40.